The number of nitrogens with zero attached hydrogens (tertiary/aromatic N) is 4. The van der Waals surface area contributed by atoms with Gasteiger partial charge in [0.15, 0.2) is 5.69 Å². The Morgan fingerprint density at radius 1 is 1.38 bits per heavy atom. The average molecular weight is 384 g/mol. The molecule has 3 heterocycles. The van der Waals surface area contributed by atoms with Gasteiger partial charge in [-0.05, 0) is 18.9 Å². The summed E-state index contributed by atoms with van der Waals surface area (Å²) in [5, 5.41) is 1.48. The zero-order valence-electron chi connectivity index (χ0n) is 14.5. The number of thiazole rings is 1. The molecule has 1 atom stereocenters. The Morgan fingerprint density at radius 3 is 2.81 bits per heavy atom. The lowest BCUT2D eigenvalue weighted by Gasteiger charge is -2.32. The quantitative estimate of drug-likeness (QED) is 0.811. The van der Waals surface area contributed by atoms with Gasteiger partial charge in [-0.25, -0.2) is 4.98 Å². The van der Waals surface area contributed by atoms with E-state index in [-0.39, 0.29) is 11.8 Å². The molecule has 0 spiro atoms. The van der Waals surface area contributed by atoms with Gasteiger partial charge in [-0.1, -0.05) is 0 Å². The van der Waals surface area contributed by atoms with E-state index in [9.17, 15) is 18.0 Å². The molecule has 0 aliphatic carbocycles. The summed E-state index contributed by atoms with van der Waals surface area (Å²) < 4.78 is 38.3. The van der Waals surface area contributed by atoms with Crippen LogP contribution in [-0.2, 0) is 6.18 Å². The van der Waals surface area contributed by atoms with E-state index in [1.165, 1.54) is 6.20 Å². The summed E-state index contributed by atoms with van der Waals surface area (Å²) in [7, 11) is 3.69. The van der Waals surface area contributed by atoms with Crippen molar-refractivity contribution in [1.29, 1.82) is 0 Å². The van der Waals surface area contributed by atoms with Crippen LogP contribution in [0.5, 0.6) is 0 Å². The molecule has 3 rings (SSSR count). The fourth-order valence-electron chi connectivity index (χ4n) is 3.08. The minimum absolute atomic E-state index is 0.154. The van der Waals surface area contributed by atoms with Crippen LogP contribution in [-0.4, -0.2) is 48.0 Å². The summed E-state index contributed by atoms with van der Waals surface area (Å²) in [6.45, 7) is 0.944. The smallest absolute Gasteiger partial charge is 0.377 e. The molecule has 5 nitrogen and oxygen atoms in total. The van der Waals surface area contributed by atoms with E-state index in [0.29, 0.717) is 23.7 Å². The van der Waals surface area contributed by atoms with Crippen molar-refractivity contribution in [3.63, 3.8) is 0 Å². The number of pyridine rings is 1. The molecular formula is C17H19F3N4OS. The van der Waals surface area contributed by atoms with Gasteiger partial charge in [0.2, 0.25) is 0 Å². The van der Waals surface area contributed by atoms with E-state index < -0.39 is 11.9 Å². The Kier molecular flexibility index (Phi) is 5.17. The summed E-state index contributed by atoms with van der Waals surface area (Å²) in [6.07, 6.45) is 0.179. The van der Waals surface area contributed by atoms with Crippen molar-refractivity contribution in [3.05, 3.63) is 40.1 Å². The number of rotatable bonds is 3. The van der Waals surface area contributed by atoms with E-state index in [1.54, 1.807) is 17.2 Å². The lowest BCUT2D eigenvalue weighted by Crippen LogP contribution is -2.39. The molecule has 140 valence electrons. The largest absolute Gasteiger partial charge is 0.434 e. The maximum atomic E-state index is 12.9. The van der Waals surface area contributed by atoms with Crippen LogP contribution < -0.4 is 4.90 Å². The molecule has 0 radical (unpaired) electrons. The fourth-order valence-corrected chi connectivity index (χ4v) is 4.04. The maximum Gasteiger partial charge on any atom is 0.434 e. The lowest BCUT2D eigenvalue weighted by molar-refractivity contribution is -0.140. The zero-order chi connectivity index (χ0) is 18.9. The molecule has 0 N–H and O–H groups in total. The number of carbonyl (C=O) groups excluding carboxylic acids is 1. The van der Waals surface area contributed by atoms with Gasteiger partial charge in [-0.15, -0.1) is 11.3 Å². The normalized spacial score (nSPS) is 18.0. The minimum Gasteiger partial charge on any atom is -0.377 e. The van der Waals surface area contributed by atoms with Gasteiger partial charge in [-0.3, -0.25) is 9.78 Å². The van der Waals surface area contributed by atoms with Crippen molar-refractivity contribution < 1.29 is 18.0 Å². The third-order valence-corrected chi connectivity index (χ3v) is 5.39. The lowest BCUT2D eigenvalue weighted by atomic mass is 9.98. The number of alkyl halides is 3. The number of aromatic nitrogens is 2. The zero-order valence-corrected chi connectivity index (χ0v) is 15.3. The number of hydrogen-bond donors (Lipinski definition) is 0. The molecule has 0 bridgehead atoms. The van der Waals surface area contributed by atoms with E-state index in [4.69, 9.17) is 0 Å². The number of amides is 1. The highest BCUT2D eigenvalue weighted by molar-refractivity contribution is 7.09. The summed E-state index contributed by atoms with van der Waals surface area (Å²) >= 11 is 1.01. The Bertz CT molecular complexity index is 790. The monoisotopic (exact) mass is 384 g/mol. The first-order chi connectivity index (χ1) is 12.3. The highest BCUT2D eigenvalue weighted by Gasteiger charge is 2.35. The van der Waals surface area contributed by atoms with Gasteiger partial charge in [0.25, 0.3) is 5.91 Å². The first-order valence-electron chi connectivity index (χ1n) is 8.20. The number of halogens is 3. The first kappa shape index (κ1) is 18.6. The molecule has 1 saturated heterocycles. The van der Waals surface area contributed by atoms with Gasteiger partial charge in [-0.2, -0.15) is 13.2 Å². The van der Waals surface area contributed by atoms with Crippen molar-refractivity contribution in [1.82, 2.24) is 14.9 Å². The predicted molar refractivity (Wildman–Crippen MR) is 93.6 cm³/mol. The number of anilines is 1. The average Bonchev–Trinajstić information content (AvgIpc) is 3.12. The molecule has 1 unspecified atom stereocenters. The third-order valence-electron chi connectivity index (χ3n) is 4.38. The first-order valence-corrected chi connectivity index (χ1v) is 9.08. The Morgan fingerprint density at radius 2 is 2.15 bits per heavy atom. The second kappa shape index (κ2) is 7.22. The van der Waals surface area contributed by atoms with Crippen LogP contribution in [0.15, 0.2) is 23.8 Å². The SMILES string of the molecule is CN(C)c1ccncc1C(=O)N1CCCC(c2nc(C(F)(F)F)cs2)C1. The number of piperidine rings is 1. The number of carbonyl (C=O) groups is 1. The van der Waals surface area contributed by atoms with Crippen LogP contribution in [0, 0.1) is 0 Å². The fraction of sp³-hybridized carbons (Fsp3) is 0.471. The van der Waals surface area contributed by atoms with Crippen LogP contribution in [0.4, 0.5) is 18.9 Å². The van der Waals surface area contributed by atoms with Crippen molar-refractivity contribution in [2.45, 2.75) is 24.9 Å². The van der Waals surface area contributed by atoms with E-state index in [0.717, 1.165) is 35.2 Å². The Hall–Kier alpha value is -2.16. The number of likely N-dealkylation sites (tertiary alicyclic amines) is 1. The molecule has 9 heteroatoms. The van der Waals surface area contributed by atoms with Crippen molar-refractivity contribution >= 4 is 22.9 Å². The molecule has 2 aromatic heterocycles. The highest BCUT2D eigenvalue weighted by atomic mass is 32.1. The molecule has 1 amide bonds. The van der Waals surface area contributed by atoms with Crippen LogP contribution >= 0.6 is 11.3 Å². The molecule has 1 aliphatic rings. The van der Waals surface area contributed by atoms with Crippen LogP contribution in [0.2, 0.25) is 0 Å². The molecule has 0 saturated carbocycles. The molecule has 26 heavy (non-hydrogen) atoms. The van der Waals surface area contributed by atoms with E-state index in [1.807, 2.05) is 19.0 Å². The van der Waals surface area contributed by atoms with Gasteiger partial charge < -0.3 is 9.80 Å². The van der Waals surface area contributed by atoms with Crippen molar-refractivity contribution in [3.8, 4) is 0 Å². The van der Waals surface area contributed by atoms with Gasteiger partial charge >= 0.3 is 6.18 Å². The second-order valence-corrected chi connectivity index (χ2v) is 7.34. The summed E-state index contributed by atoms with van der Waals surface area (Å²) in [6, 6.07) is 1.77. The summed E-state index contributed by atoms with van der Waals surface area (Å²) in [5.41, 5.74) is 0.400. The van der Waals surface area contributed by atoms with E-state index >= 15 is 0 Å². The van der Waals surface area contributed by atoms with Gasteiger partial charge in [0.05, 0.1) is 16.3 Å². The third kappa shape index (κ3) is 3.82. The van der Waals surface area contributed by atoms with Crippen LogP contribution in [0.3, 0.4) is 0 Å². The molecular weight excluding hydrogens is 365 g/mol. The molecule has 1 aliphatic heterocycles. The summed E-state index contributed by atoms with van der Waals surface area (Å²) in [5.74, 6) is -0.327. The minimum atomic E-state index is -4.44. The second-order valence-electron chi connectivity index (χ2n) is 6.45. The van der Waals surface area contributed by atoms with Crippen LogP contribution in [0.1, 0.15) is 39.8 Å². The van der Waals surface area contributed by atoms with Crippen LogP contribution in [0.25, 0.3) is 0 Å². The van der Waals surface area contributed by atoms with Gasteiger partial charge in [0, 0.05) is 50.9 Å². The standard InChI is InChI=1S/C17H19F3N4OS/c1-23(2)13-5-6-21-8-12(13)16(25)24-7-3-4-11(9-24)15-22-14(10-26-15)17(18,19)20/h5-6,8,10-11H,3-4,7,9H2,1-2H3. The van der Waals surface area contributed by atoms with Gasteiger partial charge in [0.1, 0.15) is 0 Å². The highest BCUT2D eigenvalue weighted by Crippen LogP contribution is 2.35. The Labute approximate surface area is 153 Å². The molecule has 1 fully saturated rings. The van der Waals surface area contributed by atoms with Crippen molar-refractivity contribution in [2.24, 2.45) is 0 Å². The molecule has 2 aromatic rings. The molecule has 0 aromatic carbocycles. The topological polar surface area (TPSA) is 49.3 Å². The van der Waals surface area contributed by atoms with Crippen molar-refractivity contribution in [2.75, 3.05) is 32.1 Å². The van der Waals surface area contributed by atoms with E-state index in [2.05, 4.69) is 9.97 Å². The predicted octanol–water partition coefficient (Wildman–Crippen LogP) is 3.64. The number of hydrogen-bond acceptors (Lipinski definition) is 5. The maximum absolute atomic E-state index is 12.9. The Balaban J connectivity index is 1.79. The summed E-state index contributed by atoms with van der Waals surface area (Å²) in [4.78, 5) is 24.3.